The Labute approximate surface area is 98.4 Å². The number of hydrogen-bond donors (Lipinski definition) is 3. The lowest BCUT2D eigenvalue weighted by Gasteiger charge is -2.23. The smallest absolute Gasteiger partial charge is 0.315 e. The second kappa shape index (κ2) is 4.53. The quantitative estimate of drug-likeness (QED) is 0.635. The van der Waals surface area contributed by atoms with Crippen LogP contribution in [0.25, 0.3) is 0 Å². The molecule has 2 heterocycles. The molecule has 0 aromatic heterocycles. The Kier molecular flexibility index (Phi) is 3.28. The molecule has 0 aliphatic carbocycles. The predicted octanol–water partition coefficient (Wildman–Crippen LogP) is 0.653. The number of amides is 2. The number of carbonyl (C=O) groups is 2. The van der Waals surface area contributed by atoms with Crippen molar-refractivity contribution in [3.8, 4) is 0 Å². The molecule has 2 aliphatic rings. The molecule has 3 N–H and O–H groups in total. The minimum Gasteiger partial charge on any atom is -0.481 e. The SMILES string of the molecule is CCCC(C(=O)O)C1SCC2NC(=O)NC21. The number of thioether (sulfide) groups is 1. The van der Waals surface area contributed by atoms with Crippen molar-refractivity contribution in [1.29, 1.82) is 0 Å². The van der Waals surface area contributed by atoms with E-state index in [0.717, 1.165) is 12.2 Å². The summed E-state index contributed by atoms with van der Waals surface area (Å²) in [5.41, 5.74) is 0. The van der Waals surface area contributed by atoms with Gasteiger partial charge >= 0.3 is 12.0 Å². The molecule has 2 amide bonds. The maximum Gasteiger partial charge on any atom is 0.315 e. The van der Waals surface area contributed by atoms with Gasteiger partial charge in [0.25, 0.3) is 0 Å². The first-order valence-corrected chi connectivity index (χ1v) is 6.59. The van der Waals surface area contributed by atoms with E-state index in [0.29, 0.717) is 6.42 Å². The highest BCUT2D eigenvalue weighted by Crippen LogP contribution is 2.36. The number of carbonyl (C=O) groups excluding carboxylic acids is 1. The summed E-state index contributed by atoms with van der Waals surface area (Å²) >= 11 is 1.65. The number of carboxylic acid groups (broad SMARTS) is 1. The van der Waals surface area contributed by atoms with E-state index in [1.54, 1.807) is 11.8 Å². The molecule has 16 heavy (non-hydrogen) atoms. The highest BCUT2D eigenvalue weighted by Gasteiger charge is 2.47. The van der Waals surface area contributed by atoms with Gasteiger partial charge in [-0.3, -0.25) is 4.79 Å². The Morgan fingerprint density at radius 2 is 2.38 bits per heavy atom. The molecule has 4 unspecified atom stereocenters. The molecule has 2 rings (SSSR count). The molecular weight excluding hydrogens is 228 g/mol. The van der Waals surface area contributed by atoms with E-state index in [4.69, 9.17) is 0 Å². The van der Waals surface area contributed by atoms with Gasteiger partial charge in [0.1, 0.15) is 0 Å². The average Bonchev–Trinajstić information content (AvgIpc) is 2.73. The van der Waals surface area contributed by atoms with Crippen molar-refractivity contribution < 1.29 is 14.7 Å². The second-order valence-corrected chi connectivity index (χ2v) is 5.49. The molecule has 0 aromatic rings. The van der Waals surface area contributed by atoms with Gasteiger partial charge in [0.05, 0.1) is 18.0 Å². The summed E-state index contributed by atoms with van der Waals surface area (Å²) in [7, 11) is 0. The molecule has 6 heteroatoms. The van der Waals surface area contributed by atoms with E-state index in [2.05, 4.69) is 10.6 Å². The Morgan fingerprint density at radius 3 is 3.00 bits per heavy atom. The third kappa shape index (κ3) is 1.98. The molecule has 2 saturated heterocycles. The summed E-state index contributed by atoms with van der Waals surface area (Å²) < 4.78 is 0. The van der Waals surface area contributed by atoms with Crippen LogP contribution in [-0.2, 0) is 4.79 Å². The Bertz CT molecular complexity index is 310. The maximum absolute atomic E-state index is 11.2. The number of carboxylic acids is 1. The van der Waals surface area contributed by atoms with E-state index in [-0.39, 0.29) is 29.3 Å². The van der Waals surface area contributed by atoms with Gasteiger partial charge in [-0.15, -0.1) is 0 Å². The zero-order chi connectivity index (χ0) is 11.7. The van der Waals surface area contributed by atoms with E-state index < -0.39 is 5.97 Å². The lowest BCUT2D eigenvalue weighted by atomic mass is 9.92. The minimum absolute atomic E-state index is 0.00130. The molecule has 5 nitrogen and oxygen atoms in total. The third-order valence-electron chi connectivity index (χ3n) is 3.18. The van der Waals surface area contributed by atoms with Gasteiger partial charge in [-0.25, -0.2) is 4.79 Å². The Hall–Kier alpha value is -0.910. The van der Waals surface area contributed by atoms with Crippen molar-refractivity contribution in [3.05, 3.63) is 0 Å². The van der Waals surface area contributed by atoms with Gasteiger partial charge in [0.15, 0.2) is 0 Å². The first kappa shape index (κ1) is 11.6. The first-order valence-electron chi connectivity index (χ1n) is 5.55. The van der Waals surface area contributed by atoms with Crippen molar-refractivity contribution in [3.63, 3.8) is 0 Å². The van der Waals surface area contributed by atoms with Crippen LogP contribution in [0.2, 0.25) is 0 Å². The van der Waals surface area contributed by atoms with Gasteiger partial charge in [0.2, 0.25) is 0 Å². The highest BCUT2D eigenvalue weighted by molar-refractivity contribution is 8.00. The molecule has 0 radical (unpaired) electrons. The van der Waals surface area contributed by atoms with Gasteiger partial charge in [0, 0.05) is 11.0 Å². The minimum atomic E-state index is -0.749. The molecule has 0 saturated carbocycles. The predicted molar refractivity (Wildman–Crippen MR) is 61.5 cm³/mol. The van der Waals surface area contributed by atoms with Crippen LogP contribution < -0.4 is 10.6 Å². The Morgan fingerprint density at radius 1 is 1.62 bits per heavy atom. The van der Waals surface area contributed by atoms with E-state index in [1.807, 2.05) is 6.92 Å². The van der Waals surface area contributed by atoms with Crippen LogP contribution in [0.1, 0.15) is 19.8 Å². The zero-order valence-corrected chi connectivity index (χ0v) is 9.92. The number of fused-ring (bicyclic) bond motifs is 1. The van der Waals surface area contributed by atoms with Gasteiger partial charge < -0.3 is 15.7 Å². The molecule has 0 aromatic carbocycles. The summed E-state index contributed by atoms with van der Waals surface area (Å²) in [5, 5.41) is 14.8. The normalized spacial score (nSPS) is 34.1. The van der Waals surface area contributed by atoms with Gasteiger partial charge in [-0.2, -0.15) is 11.8 Å². The first-order chi connectivity index (χ1) is 7.63. The summed E-state index contributed by atoms with van der Waals surface area (Å²) in [6, 6.07) is -0.0905. The molecule has 4 atom stereocenters. The van der Waals surface area contributed by atoms with Gasteiger partial charge in [-0.05, 0) is 6.42 Å². The molecule has 0 spiro atoms. The van der Waals surface area contributed by atoms with E-state index in [1.165, 1.54) is 0 Å². The summed E-state index contributed by atoms with van der Waals surface area (Å²) in [5.74, 6) is -0.298. The van der Waals surface area contributed by atoms with Crippen LogP contribution in [0.5, 0.6) is 0 Å². The van der Waals surface area contributed by atoms with Crippen LogP contribution in [0.4, 0.5) is 4.79 Å². The topological polar surface area (TPSA) is 78.4 Å². The largest absolute Gasteiger partial charge is 0.481 e. The van der Waals surface area contributed by atoms with Crippen LogP contribution in [0.15, 0.2) is 0 Å². The number of aliphatic carboxylic acids is 1. The second-order valence-electron chi connectivity index (χ2n) is 4.28. The molecule has 2 fully saturated rings. The lowest BCUT2D eigenvalue weighted by molar-refractivity contribution is -0.142. The standard InChI is InChI=1S/C10H16N2O3S/c1-2-3-5(9(13)14)8-7-6(4-16-8)11-10(15)12-7/h5-8H,2-4H2,1H3,(H,13,14)(H2,11,12,15). The molecule has 2 aliphatic heterocycles. The van der Waals surface area contributed by atoms with Crippen molar-refractivity contribution in [1.82, 2.24) is 10.6 Å². The third-order valence-corrected chi connectivity index (χ3v) is 4.74. The van der Waals surface area contributed by atoms with Crippen molar-refractivity contribution in [2.45, 2.75) is 37.1 Å². The Balaban J connectivity index is 2.08. The zero-order valence-electron chi connectivity index (χ0n) is 9.10. The van der Waals surface area contributed by atoms with Crippen LogP contribution in [0, 0.1) is 5.92 Å². The van der Waals surface area contributed by atoms with E-state index in [9.17, 15) is 14.7 Å². The van der Waals surface area contributed by atoms with E-state index >= 15 is 0 Å². The molecular formula is C10H16N2O3S. The highest BCUT2D eigenvalue weighted by atomic mass is 32.2. The van der Waals surface area contributed by atoms with Crippen molar-refractivity contribution in [2.24, 2.45) is 5.92 Å². The fourth-order valence-electron chi connectivity index (χ4n) is 2.43. The maximum atomic E-state index is 11.2. The monoisotopic (exact) mass is 244 g/mol. The molecule has 90 valence electrons. The van der Waals surface area contributed by atoms with Gasteiger partial charge in [-0.1, -0.05) is 13.3 Å². The summed E-state index contributed by atoms with van der Waals surface area (Å²) in [6.45, 7) is 1.98. The van der Waals surface area contributed by atoms with Crippen LogP contribution >= 0.6 is 11.8 Å². The fraction of sp³-hybridized carbons (Fsp3) is 0.800. The number of urea groups is 1. The van der Waals surface area contributed by atoms with Crippen molar-refractivity contribution in [2.75, 3.05) is 5.75 Å². The van der Waals surface area contributed by atoms with Crippen LogP contribution in [0.3, 0.4) is 0 Å². The fourth-order valence-corrected chi connectivity index (χ4v) is 4.10. The van der Waals surface area contributed by atoms with Crippen LogP contribution in [-0.4, -0.2) is 40.2 Å². The lowest BCUT2D eigenvalue weighted by Crippen LogP contribution is -2.42. The average molecular weight is 244 g/mol. The molecule has 0 bridgehead atoms. The number of rotatable bonds is 4. The van der Waals surface area contributed by atoms with Crippen molar-refractivity contribution >= 4 is 23.8 Å². The summed E-state index contributed by atoms with van der Waals surface area (Å²) in [4.78, 5) is 22.4. The number of nitrogens with one attached hydrogen (secondary N) is 2. The number of hydrogen-bond acceptors (Lipinski definition) is 3. The summed E-state index contributed by atoms with van der Waals surface area (Å²) in [6.07, 6.45) is 1.53.